The van der Waals surface area contributed by atoms with Crippen molar-refractivity contribution in [3.63, 3.8) is 0 Å². The van der Waals surface area contributed by atoms with E-state index in [1.54, 1.807) is 6.20 Å². The van der Waals surface area contributed by atoms with Crippen molar-refractivity contribution >= 4 is 5.91 Å². The first-order valence-corrected chi connectivity index (χ1v) is 6.20. The van der Waals surface area contributed by atoms with Crippen molar-refractivity contribution in [1.29, 1.82) is 0 Å². The molecule has 2 heterocycles. The van der Waals surface area contributed by atoms with E-state index in [9.17, 15) is 4.79 Å². The Morgan fingerprint density at radius 3 is 3.12 bits per heavy atom. The first-order chi connectivity index (χ1) is 8.18. The Kier molecular flexibility index (Phi) is 3.78. The zero-order valence-corrected chi connectivity index (χ0v) is 10.4. The van der Waals surface area contributed by atoms with Gasteiger partial charge in [0.15, 0.2) is 0 Å². The van der Waals surface area contributed by atoms with Gasteiger partial charge >= 0.3 is 0 Å². The third-order valence-electron chi connectivity index (χ3n) is 3.29. The fraction of sp³-hybridized carbons (Fsp3) is 0.667. The molecule has 5 nitrogen and oxygen atoms in total. The van der Waals surface area contributed by atoms with Crippen LogP contribution in [0.2, 0.25) is 0 Å². The summed E-state index contributed by atoms with van der Waals surface area (Å²) in [7, 11) is 1.92. The van der Waals surface area contributed by atoms with E-state index in [1.165, 1.54) is 0 Å². The van der Waals surface area contributed by atoms with Crippen LogP contribution in [0.5, 0.6) is 0 Å². The predicted octanol–water partition coefficient (Wildman–Crippen LogP) is 0.739. The van der Waals surface area contributed by atoms with Gasteiger partial charge in [-0.2, -0.15) is 5.10 Å². The van der Waals surface area contributed by atoms with Gasteiger partial charge in [-0.25, -0.2) is 0 Å². The van der Waals surface area contributed by atoms with E-state index in [4.69, 9.17) is 0 Å². The molecular weight excluding hydrogens is 216 g/mol. The van der Waals surface area contributed by atoms with Crippen molar-refractivity contribution < 1.29 is 4.79 Å². The van der Waals surface area contributed by atoms with Gasteiger partial charge in [-0.15, -0.1) is 0 Å². The second kappa shape index (κ2) is 5.31. The van der Waals surface area contributed by atoms with E-state index in [2.05, 4.69) is 22.7 Å². The van der Waals surface area contributed by atoms with Crippen molar-refractivity contribution in [2.75, 3.05) is 6.54 Å². The molecular formula is C12H20N4O. The molecule has 0 saturated carbocycles. The number of carbonyl (C=O) groups is 1. The zero-order chi connectivity index (χ0) is 12.3. The quantitative estimate of drug-likeness (QED) is 0.814. The maximum Gasteiger partial charge on any atom is 0.237 e. The molecule has 2 atom stereocenters. The standard InChI is InChI=1S/C12H20N4O/c1-9(11-6-8-14-16(11)2)15-10-5-3-4-7-13-12(10)17/h6,8-10,15H,3-5,7H2,1-2H3,(H,13,17). The van der Waals surface area contributed by atoms with Crippen LogP contribution in [0.15, 0.2) is 12.3 Å². The smallest absolute Gasteiger partial charge is 0.237 e. The van der Waals surface area contributed by atoms with E-state index >= 15 is 0 Å². The largest absolute Gasteiger partial charge is 0.355 e. The lowest BCUT2D eigenvalue weighted by Gasteiger charge is -2.21. The average Bonchev–Trinajstić information content (AvgIpc) is 2.63. The van der Waals surface area contributed by atoms with Gasteiger partial charge in [-0.05, 0) is 32.3 Å². The second-order valence-corrected chi connectivity index (χ2v) is 4.61. The molecule has 0 spiro atoms. The first-order valence-electron chi connectivity index (χ1n) is 6.20. The molecule has 0 aliphatic carbocycles. The predicted molar refractivity (Wildman–Crippen MR) is 65.4 cm³/mol. The molecule has 1 aliphatic rings. The topological polar surface area (TPSA) is 58.9 Å². The molecule has 2 rings (SSSR count). The van der Waals surface area contributed by atoms with E-state index in [-0.39, 0.29) is 18.0 Å². The Bertz CT molecular complexity index is 388. The minimum atomic E-state index is -0.0811. The van der Waals surface area contributed by atoms with Gasteiger partial charge in [0.1, 0.15) is 0 Å². The van der Waals surface area contributed by atoms with Crippen LogP contribution in [0.4, 0.5) is 0 Å². The highest BCUT2D eigenvalue weighted by molar-refractivity contribution is 5.81. The SMILES string of the molecule is CC(NC1CCCCNC1=O)c1ccnn1C. The van der Waals surface area contributed by atoms with Crippen LogP contribution in [0.1, 0.15) is 37.9 Å². The zero-order valence-electron chi connectivity index (χ0n) is 10.4. The summed E-state index contributed by atoms with van der Waals surface area (Å²) in [6.45, 7) is 2.87. The molecule has 0 bridgehead atoms. The third kappa shape index (κ3) is 2.85. The number of aryl methyl sites for hydroxylation is 1. The Hall–Kier alpha value is -1.36. The summed E-state index contributed by atoms with van der Waals surface area (Å²) in [5, 5.41) is 10.5. The minimum absolute atomic E-state index is 0.0811. The fourth-order valence-corrected chi connectivity index (χ4v) is 2.29. The number of amides is 1. The molecule has 17 heavy (non-hydrogen) atoms. The highest BCUT2D eigenvalue weighted by atomic mass is 16.2. The lowest BCUT2D eigenvalue weighted by Crippen LogP contribution is -2.44. The monoisotopic (exact) mass is 236 g/mol. The van der Waals surface area contributed by atoms with Crippen molar-refractivity contribution in [3.05, 3.63) is 18.0 Å². The molecule has 1 aromatic rings. The van der Waals surface area contributed by atoms with Crippen LogP contribution in [0.3, 0.4) is 0 Å². The van der Waals surface area contributed by atoms with Crippen LogP contribution >= 0.6 is 0 Å². The number of nitrogens with zero attached hydrogens (tertiary/aromatic N) is 2. The van der Waals surface area contributed by atoms with Crippen molar-refractivity contribution in [1.82, 2.24) is 20.4 Å². The molecule has 1 fully saturated rings. The number of aromatic nitrogens is 2. The number of carbonyl (C=O) groups excluding carboxylic acids is 1. The highest BCUT2D eigenvalue weighted by Crippen LogP contribution is 2.14. The molecule has 0 radical (unpaired) electrons. The van der Waals surface area contributed by atoms with E-state index < -0.39 is 0 Å². The fourth-order valence-electron chi connectivity index (χ4n) is 2.29. The summed E-state index contributed by atoms with van der Waals surface area (Å²) < 4.78 is 1.84. The van der Waals surface area contributed by atoms with Crippen molar-refractivity contribution in [2.45, 2.75) is 38.3 Å². The van der Waals surface area contributed by atoms with Gasteiger partial charge in [0.25, 0.3) is 0 Å². The second-order valence-electron chi connectivity index (χ2n) is 4.61. The molecule has 1 aliphatic heterocycles. The van der Waals surface area contributed by atoms with Crippen LogP contribution in [-0.2, 0) is 11.8 Å². The summed E-state index contributed by atoms with van der Waals surface area (Å²) in [5.74, 6) is 0.122. The van der Waals surface area contributed by atoms with Gasteiger partial charge < -0.3 is 5.32 Å². The van der Waals surface area contributed by atoms with E-state index in [0.717, 1.165) is 31.5 Å². The molecule has 2 unspecified atom stereocenters. The Labute approximate surface area is 102 Å². The Balaban J connectivity index is 2.00. The number of nitrogens with one attached hydrogen (secondary N) is 2. The van der Waals surface area contributed by atoms with Crippen LogP contribution in [-0.4, -0.2) is 28.3 Å². The molecule has 2 N–H and O–H groups in total. The Morgan fingerprint density at radius 2 is 2.41 bits per heavy atom. The van der Waals surface area contributed by atoms with Crippen molar-refractivity contribution in [2.24, 2.45) is 7.05 Å². The van der Waals surface area contributed by atoms with Crippen LogP contribution in [0.25, 0.3) is 0 Å². The maximum atomic E-state index is 11.8. The Morgan fingerprint density at radius 1 is 1.59 bits per heavy atom. The third-order valence-corrected chi connectivity index (χ3v) is 3.29. The number of hydrogen-bond acceptors (Lipinski definition) is 3. The van der Waals surface area contributed by atoms with Gasteiger partial charge in [-0.1, -0.05) is 0 Å². The van der Waals surface area contributed by atoms with Gasteiger partial charge in [0, 0.05) is 25.8 Å². The summed E-state index contributed by atoms with van der Waals surface area (Å²) in [6.07, 6.45) is 4.85. The molecule has 0 aromatic carbocycles. The van der Waals surface area contributed by atoms with Gasteiger partial charge in [-0.3, -0.25) is 14.8 Å². The number of hydrogen-bond donors (Lipinski definition) is 2. The number of rotatable bonds is 3. The van der Waals surface area contributed by atoms with Crippen LogP contribution in [0, 0.1) is 0 Å². The first kappa shape index (κ1) is 12.1. The van der Waals surface area contributed by atoms with Gasteiger partial charge in [0.2, 0.25) is 5.91 Å². The minimum Gasteiger partial charge on any atom is -0.355 e. The van der Waals surface area contributed by atoms with Crippen molar-refractivity contribution in [3.8, 4) is 0 Å². The normalized spacial score (nSPS) is 22.9. The summed E-state index contributed by atoms with van der Waals surface area (Å²) in [4.78, 5) is 11.8. The van der Waals surface area contributed by atoms with E-state index in [1.807, 2.05) is 17.8 Å². The summed E-state index contributed by atoms with van der Waals surface area (Å²) >= 11 is 0. The van der Waals surface area contributed by atoms with Gasteiger partial charge in [0.05, 0.1) is 11.7 Å². The van der Waals surface area contributed by atoms with Crippen LogP contribution < -0.4 is 10.6 Å². The lowest BCUT2D eigenvalue weighted by atomic mass is 10.1. The summed E-state index contributed by atoms with van der Waals surface area (Å²) in [6, 6.07) is 2.03. The molecule has 94 valence electrons. The summed E-state index contributed by atoms with van der Waals surface area (Å²) in [5.41, 5.74) is 1.10. The molecule has 1 saturated heterocycles. The molecule has 5 heteroatoms. The average molecular weight is 236 g/mol. The highest BCUT2D eigenvalue weighted by Gasteiger charge is 2.23. The molecule has 1 amide bonds. The molecule has 1 aromatic heterocycles. The maximum absolute atomic E-state index is 11.8. The van der Waals surface area contributed by atoms with E-state index in [0.29, 0.717) is 0 Å². The lowest BCUT2D eigenvalue weighted by molar-refractivity contribution is -0.123.